The molecule has 7 nitrogen and oxygen atoms in total. The minimum absolute atomic E-state index is 0.0681. The maximum absolute atomic E-state index is 6.34. The van der Waals surface area contributed by atoms with E-state index < -0.39 is 0 Å². The molecular formula is C19H17ClN6O. The molecule has 0 aliphatic rings. The predicted octanol–water partition coefficient (Wildman–Crippen LogP) is 4.36. The van der Waals surface area contributed by atoms with Crippen LogP contribution in [0.1, 0.15) is 13.8 Å². The molecule has 0 atom stereocenters. The van der Waals surface area contributed by atoms with E-state index in [1.165, 1.54) is 0 Å². The van der Waals surface area contributed by atoms with Crippen molar-refractivity contribution in [1.82, 2.24) is 30.8 Å². The van der Waals surface area contributed by atoms with Crippen LogP contribution in [0.15, 0.2) is 48.5 Å². The number of halogens is 1. The lowest BCUT2D eigenvalue weighted by Gasteiger charge is -2.11. The zero-order valence-corrected chi connectivity index (χ0v) is 15.5. The number of H-pyrrole nitrogens is 2. The normalized spacial score (nSPS) is 11.1. The summed E-state index contributed by atoms with van der Waals surface area (Å²) in [5, 5.41) is 22.1. The summed E-state index contributed by atoms with van der Waals surface area (Å²) < 4.78 is 5.68. The summed E-state index contributed by atoms with van der Waals surface area (Å²) in [5.41, 5.74) is 4.43. The molecule has 136 valence electrons. The Kier molecular flexibility index (Phi) is 4.60. The Morgan fingerprint density at radius 1 is 0.963 bits per heavy atom. The fourth-order valence-corrected chi connectivity index (χ4v) is 2.96. The van der Waals surface area contributed by atoms with Gasteiger partial charge in [-0.2, -0.15) is 10.3 Å². The quantitative estimate of drug-likeness (QED) is 0.536. The van der Waals surface area contributed by atoms with E-state index in [9.17, 15) is 0 Å². The third-order valence-electron chi connectivity index (χ3n) is 3.95. The fourth-order valence-electron chi connectivity index (χ4n) is 2.74. The van der Waals surface area contributed by atoms with Crippen LogP contribution in [0.5, 0.6) is 5.75 Å². The van der Waals surface area contributed by atoms with Crippen molar-refractivity contribution in [2.75, 3.05) is 0 Å². The van der Waals surface area contributed by atoms with Crippen LogP contribution in [0.25, 0.3) is 33.9 Å². The number of benzene rings is 2. The van der Waals surface area contributed by atoms with E-state index in [-0.39, 0.29) is 6.10 Å². The van der Waals surface area contributed by atoms with Gasteiger partial charge in [-0.15, -0.1) is 10.2 Å². The van der Waals surface area contributed by atoms with Gasteiger partial charge in [-0.05, 0) is 49.4 Å². The molecule has 2 aromatic carbocycles. The van der Waals surface area contributed by atoms with Gasteiger partial charge in [0.15, 0.2) is 0 Å². The molecule has 27 heavy (non-hydrogen) atoms. The van der Waals surface area contributed by atoms with Crippen LogP contribution in [0.4, 0.5) is 0 Å². The Labute approximate surface area is 160 Å². The Morgan fingerprint density at radius 3 is 2.56 bits per heavy atom. The maximum Gasteiger partial charge on any atom is 0.204 e. The smallest absolute Gasteiger partial charge is 0.204 e. The third-order valence-corrected chi connectivity index (χ3v) is 4.24. The maximum atomic E-state index is 6.34. The van der Waals surface area contributed by atoms with Crippen LogP contribution in [-0.4, -0.2) is 36.9 Å². The number of hydrogen-bond acceptors (Lipinski definition) is 5. The number of aromatic amines is 2. The van der Waals surface area contributed by atoms with Crippen LogP contribution in [0, 0.1) is 0 Å². The number of ether oxygens (including phenoxy) is 1. The summed E-state index contributed by atoms with van der Waals surface area (Å²) >= 11 is 6.34. The van der Waals surface area contributed by atoms with Crippen LogP contribution >= 0.6 is 11.6 Å². The molecule has 0 aliphatic carbocycles. The third kappa shape index (κ3) is 3.68. The number of hydrogen-bond donors (Lipinski definition) is 2. The molecular weight excluding hydrogens is 364 g/mol. The Morgan fingerprint density at radius 2 is 1.81 bits per heavy atom. The zero-order valence-electron chi connectivity index (χ0n) is 14.8. The average molecular weight is 381 g/mol. The highest BCUT2D eigenvalue weighted by Crippen LogP contribution is 2.32. The van der Waals surface area contributed by atoms with Gasteiger partial charge in [-0.1, -0.05) is 29.8 Å². The van der Waals surface area contributed by atoms with Crippen molar-refractivity contribution in [3.8, 4) is 39.7 Å². The van der Waals surface area contributed by atoms with Crippen molar-refractivity contribution >= 4 is 11.6 Å². The van der Waals surface area contributed by atoms with Gasteiger partial charge < -0.3 is 4.74 Å². The van der Waals surface area contributed by atoms with Crippen molar-refractivity contribution in [2.45, 2.75) is 20.0 Å². The molecule has 0 unspecified atom stereocenters. The number of nitrogens with one attached hydrogen (secondary N) is 2. The molecule has 2 heterocycles. The second kappa shape index (κ2) is 7.20. The van der Waals surface area contributed by atoms with Gasteiger partial charge in [0, 0.05) is 16.7 Å². The lowest BCUT2D eigenvalue weighted by molar-refractivity contribution is 0.242. The molecule has 0 fully saturated rings. The van der Waals surface area contributed by atoms with Crippen LogP contribution in [-0.2, 0) is 0 Å². The monoisotopic (exact) mass is 380 g/mol. The van der Waals surface area contributed by atoms with Gasteiger partial charge in [0.1, 0.15) is 5.75 Å². The molecule has 0 saturated carbocycles. The van der Waals surface area contributed by atoms with Gasteiger partial charge >= 0.3 is 0 Å². The van der Waals surface area contributed by atoms with Gasteiger partial charge in [-0.3, -0.25) is 5.10 Å². The summed E-state index contributed by atoms with van der Waals surface area (Å²) in [6.07, 6.45) is 0.0681. The number of tetrazole rings is 1. The lowest BCUT2D eigenvalue weighted by Crippen LogP contribution is -2.05. The van der Waals surface area contributed by atoms with Crippen LogP contribution in [0.2, 0.25) is 5.02 Å². The number of aromatic nitrogens is 6. The standard InChI is InChI=1S/C19H17ClN6O/c1-11(2)27-18-7-6-13(9-15(18)20)17-10-16(21-22-17)12-4-3-5-14(8-12)19-23-25-26-24-19/h3-11H,1-2H3,(H,21,22)(H,23,24,25,26). The first-order valence-corrected chi connectivity index (χ1v) is 8.84. The topological polar surface area (TPSA) is 92.4 Å². The summed E-state index contributed by atoms with van der Waals surface area (Å²) in [6, 6.07) is 15.5. The molecule has 0 radical (unpaired) electrons. The summed E-state index contributed by atoms with van der Waals surface area (Å²) in [4.78, 5) is 0. The van der Waals surface area contributed by atoms with E-state index >= 15 is 0 Å². The first-order chi connectivity index (χ1) is 13.1. The Bertz CT molecular complexity index is 1060. The Hall–Kier alpha value is -3.19. The largest absolute Gasteiger partial charge is 0.489 e. The molecule has 4 aromatic rings. The molecule has 0 bridgehead atoms. The van der Waals surface area contributed by atoms with E-state index in [2.05, 4.69) is 30.8 Å². The van der Waals surface area contributed by atoms with Gasteiger partial charge in [0.25, 0.3) is 0 Å². The average Bonchev–Trinajstić information content (AvgIpc) is 3.35. The molecule has 0 aliphatic heterocycles. The molecule has 0 spiro atoms. The molecule has 8 heteroatoms. The second-order valence-corrected chi connectivity index (χ2v) is 6.70. The van der Waals surface area contributed by atoms with E-state index in [1.807, 2.05) is 62.4 Å². The first kappa shape index (κ1) is 17.2. The second-order valence-electron chi connectivity index (χ2n) is 6.29. The lowest BCUT2D eigenvalue weighted by atomic mass is 10.1. The van der Waals surface area contributed by atoms with Crippen molar-refractivity contribution < 1.29 is 4.74 Å². The molecule has 2 N–H and O–H groups in total. The SMILES string of the molecule is CC(C)Oc1ccc(-c2cc(-c3cccc(-c4nn[nH]n4)c3)n[nH]2)cc1Cl. The summed E-state index contributed by atoms with van der Waals surface area (Å²) in [6.45, 7) is 3.93. The summed E-state index contributed by atoms with van der Waals surface area (Å²) in [7, 11) is 0. The minimum Gasteiger partial charge on any atom is -0.489 e. The molecule has 0 amide bonds. The predicted molar refractivity (Wildman–Crippen MR) is 103 cm³/mol. The van der Waals surface area contributed by atoms with Gasteiger partial charge in [0.05, 0.1) is 22.5 Å². The highest BCUT2D eigenvalue weighted by atomic mass is 35.5. The molecule has 4 rings (SSSR count). The van der Waals surface area contributed by atoms with Gasteiger partial charge in [0.2, 0.25) is 5.82 Å². The van der Waals surface area contributed by atoms with Crippen molar-refractivity contribution in [3.05, 3.63) is 53.6 Å². The highest BCUT2D eigenvalue weighted by molar-refractivity contribution is 6.32. The van der Waals surface area contributed by atoms with Crippen LogP contribution < -0.4 is 4.74 Å². The molecule has 2 aromatic heterocycles. The molecule has 0 saturated heterocycles. The summed E-state index contributed by atoms with van der Waals surface area (Å²) in [5.74, 6) is 1.21. The highest BCUT2D eigenvalue weighted by Gasteiger charge is 2.11. The zero-order chi connectivity index (χ0) is 18.8. The Balaban J connectivity index is 1.63. The first-order valence-electron chi connectivity index (χ1n) is 8.46. The number of rotatable bonds is 5. The van der Waals surface area contributed by atoms with E-state index in [0.29, 0.717) is 16.6 Å². The van der Waals surface area contributed by atoms with Gasteiger partial charge in [-0.25, -0.2) is 0 Å². The minimum atomic E-state index is 0.0681. The van der Waals surface area contributed by atoms with E-state index in [4.69, 9.17) is 16.3 Å². The van der Waals surface area contributed by atoms with Crippen molar-refractivity contribution in [1.29, 1.82) is 0 Å². The van der Waals surface area contributed by atoms with Crippen molar-refractivity contribution in [2.24, 2.45) is 0 Å². The number of nitrogens with zero attached hydrogens (tertiary/aromatic N) is 4. The van der Waals surface area contributed by atoms with E-state index in [1.54, 1.807) is 0 Å². The fraction of sp³-hybridized carbons (Fsp3) is 0.158. The van der Waals surface area contributed by atoms with Crippen molar-refractivity contribution in [3.63, 3.8) is 0 Å². The van der Waals surface area contributed by atoms with Crippen LogP contribution in [0.3, 0.4) is 0 Å². The van der Waals surface area contributed by atoms with E-state index in [0.717, 1.165) is 28.1 Å².